The van der Waals surface area contributed by atoms with E-state index in [4.69, 9.17) is 0 Å². The lowest BCUT2D eigenvalue weighted by molar-refractivity contribution is -0.138. The summed E-state index contributed by atoms with van der Waals surface area (Å²) in [5.41, 5.74) is 7.69. The smallest absolute Gasteiger partial charge is 0.303 e. The Morgan fingerprint density at radius 3 is 2.23 bits per heavy atom. The summed E-state index contributed by atoms with van der Waals surface area (Å²) in [7, 11) is 0. The number of carboxylic acids is 2. The average Bonchev–Trinajstić information content (AvgIpc) is 3.59. The molecule has 4 heterocycles. The molecular formula is C33H44N4O6S. The number of hydrogen-bond acceptors (Lipinski definition) is 6. The molecule has 0 spiro atoms. The van der Waals surface area contributed by atoms with Crippen molar-refractivity contribution in [3.05, 3.63) is 63.2 Å². The van der Waals surface area contributed by atoms with Crippen LogP contribution in [0.2, 0.25) is 0 Å². The van der Waals surface area contributed by atoms with Crippen molar-refractivity contribution in [2.24, 2.45) is 11.8 Å². The lowest BCUT2D eigenvalue weighted by Gasteiger charge is -2.24. The van der Waals surface area contributed by atoms with E-state index in [9.17, 15) is 29.4 Å². The van der Waals surface area contributed by atoms with E-state index in [0.717, 1.165) is 44.9 Å². The normalized spacial score (nSPS) is 26.7. The number of H-pyrrole nitrogens is 1. The number of allylic oxidation sites excluding steroid dienone is 1. The van der Waals surface area contributed by atoms with Crippen LogP contribution >= 0.6 is 12.6 Å². The molecule has 0 saturated carbocycles. The number of carboxylic acid groups (broad SMARTS) is 2. The summed E-state index contributed by atoms with van der Waals surface area (Å²) in [6, 6.07) is -0.434. The highest BCUT2D eigenvalue weighted by Gasteiger charge is 2.42. The van der Waals surface area contributed by atoms with Crippen molar-refractivity contribution in [2.75, 3.05) is 0 Å². The van der Waals surface area contributed by atoms with Gasteiger partial charge in [-0.1, -0.05) is 26.5 Å². The SMILES string of the molecule is C=CC1=C(C)[C@@H](CC2N/C(=C\c3[nH]c(CC4NC(=O)[C@H](C)[C@H]4C(C)S)c(C)c3CCC(=O)O)C(CCC(=O)O)=C2C)NC1=O. The van der Waals surface area contributed by atoms with E-state index >= 15 is 0 Å². The molecule has 1 saturated heterocycles. The van der Waals surface area contributed by atoms with E-state index in [1.54, 1.807) is 6.08 Å². The van der Waals surface area contributed by atoms with Crippen LogP contribution in [0, 0.1) is 18.8 Å². The molecule has 1 aromatic rings. The Morgan fingerprint density at radius 2 is 1.64 bits per heavy atom. The minimum Gasteiger partial charge on any atom is -0.481 e. The number of rotatable bonds is 13. The van der Waals surface area contributed by atoms with E-state index in [1.807, 2.05) is 40.7 Å². The summed E-state index contributed by atoms with van der Waals surface area (Å²) < 4.78 is 0. The number of carbonyl (C=O) groups is 4. The maximum Gasteiger partial charge on any atom is 0.303 e. The van der Waals surface area contributed by atoms with Crippen molar-refractivity contribution in [1.29, 1.82) is 0 Å². The van der Waals surface area contributed by atoms with Gasteiger partial charge in [0.15, 0.2) is 0 Å². The highest BCUT2D eigenvalue weighted by molar-refractivity contribution is 7.80. The molecule has 6 atom stereocenters. The zero-order chi connectivity index (χ0) is 32.5. The van der Waals surface area contributed by atoms with E-state index < -0.39 is 11.9 Å². The van der Waals surface area contributed by atoms with E-state index in [2.05, 4.69) is 40.1 Å². The molecule has 4 rings (SSSR count). The van der Waals surface area contributed by atoms with Gasteiger partial charge in [0.1, 0.15) is 0 Å². The number of aromatic amines is 1. The molecule has 3 aliphatic heterocycles. The molecule has 2 amide bonds. The van der Waals surface area contributed by atoms with Gasteiger partial charge in [0, 0.05) is 71.1 Å². The van der Waals surface area contributed by atoms with Crippen LogP contribution in [0.1, 0.15) is 75.9 Å². The van der Waals surface area contributed by atoms with Crippen molar-refractivity contribution < 1.29 is 29.4 Å². The zero-order valence-corrected chi connectivity index (χ0v) is 26.9. The first-order valence-corrected chi connectivity index (χ1v) is 15.7. The first kappa shape index (κ1) is 33.2. The van der Waals surface area contributed by atoms with Crippen LogP contribution in [0.15, 0.2) is 40.6 Å². The van der Waals surface area contributed by atoms with Crippen LogP contribution in [0.4, 0.5) is 0 Å². The molecule has 44 heavy (non-hydrogen) atoms. The Labute approximate surface area is 263 Å². The topological polar surface area (TPSA) is 161 Å². The molecule has 10 nitrogen and oxygen atoms in total. The number of carbonyl (C=O) groups excluding carboxylic acids is 2. The maximum absolute atomic E-state index is 12.5. The average molecular weight is 625 g/mol. The summed E-state index contributed by atoms with van der Waals surface area (Å²) in [4.78, 5) is 51.6. The minimum absolute atomic E-state index is 0.00665. The molecule has 11 heteroatoms. The third-order valence-corrected chi connectivity index (χ3v) is 9.92. The largest absolute Gasteiger partial charge is 0.481 e. The van der Waals surface area contributed by atoms with E-state index in [0.29, 0.717) is 31.3 Å². The summed E-state index contributed by atoms with van der Waals surface area (Å²) in [6.07, 6.45) is 5.21. The summed E-state index contributed by atoms with van der Waals surface area (Å²) in [5.74, 6) is -2.06. The molecule has 3 unspecified atom stereocenters. The first-order valence-electron chi connectivity index (χ1n) is 15.2. The van der Waals surface area contributed by atoms with Gasteiger partial charge >= 0.3 is 11.9 Å². The van der Waals surface area contributed by atoms with Gasteiger partial charge in [-0.2, -0.15) is 12.6 Å². The van der Waals surface area contributed by atoms with Crippen LogP contribution < -0.4 is 16.0 Å². The summed E-state index contributed by atoms with van der Waals surface area (Å²) in [5, 5.41) is 28.7. The van der Waals surface area contributed by atoms with Gasteiger partial charge in [0.05, 0.1) is 6.04 Å². The third-order valence-electron chi connectivity index (χ3n) is 9.57. The fourth-order valence-corrected chi connectivity index (χ4v) is 7.47. The van der Waals surface area contributed by atoms with E-state index in [1.165, 1.54) is 0 Å². The Balaban J connectivity index is 1.70. The minimum atomic E-state index is -0.899. The lowest BCUT2D eigenvalue weighted by Crippen LogP contribution is -2.36. The Kier molecular flexibility index (Phi) is 10.2. The second kappa shape index (κ2) is 13.5. The number of hydrogen-bond donors (Lipinski definition) is 7. The standard InChI is InChI=1S/C33H44N4O6S/c1-7-20-15(2)25(36-33(20)43)12-23-16(3)21(8-10-29(38)39)26(34-23)14-27-22(9-11-30(40)41)17(4)24(35-27)13-28-31(19(6)44)18(5)32(42)37-28/h7,14,18-19,23,25,28,31,34-35,44H,1,8-13H2,2-6H3,(H,36,43)(H,37,42)(H,38,39)(H,40,41)/b26-14-/t18-,19?,23?,25-,28?,31+/m1/s1. The van der Waals surface area contributed by atoms with Gasteiger partial charge in [-0.05, 0) is 74.0 Å². The quantitative estimate of drug-likeness (QED) is 0.164. The van der Waals surface area contributed by atoms with Gasteiger partial charge in [-0.25, -0.2) is 0 Å². The number of aliphatic carboxylic acids is 2. The van der Waals surface area contributed by atoms with Crippen molar-refractivity contribution >= 4 is 42.5 Å². The molecule has 0 radical (unpaired) electrons. The van der Waals surface area contributed by atoms with Gasteiger partial charge in [0.2, 0.25) is 5.91 Å². The van der Waals surface area contributed by atoms with Gasteiger partial charge in [-0.15, -0.1) is 0 Å². The summed E-state index contributed by atoms with van der Waals surface area (Å²) >= 11 is 4.66. The highest BCUT2D eigenvalue weighted by atomic mass is 32.1. The zero-order valence-electron chi connectivity index (χ0n) is 26.0. The van der Waals surface area contributed by atoms with Crippen molar-refractivity contribution in [3.8, 4) is 0 Å². The Hall–Kier alpha value is -3.73. The second-order valence-electron chi connectivity index (χ2n) is 12.3. The molecule has 1 aromatic heterocycles. The monoisotopic (exact) mass is 624 g/mol. The molecular weight excluding hydrogens is 580 g/mol. The number of aromatic nitrogens is 1. The predicted molar refractivity (Wildman–Crippen MR) is 172 cm³/mol. The molecule has 0 aromatic carbocycles. The van der Waals surface area contributed by atoms with Gasteiger partial charge < -0.3 is 31.1 Å². The first-order chi connectivity index (χ1) is 20.7. The number of nitrogens with one attached hydrogen (secondary N) is 4. The number of amides is 2. The van der Waals surface area contributed by atoms with Gasteiger partial charge in [0.25, 0.3) is 5.91 Å². The molecule has 0 aliphatic carbocycles. The Morgan fingerprint density at radius 1 is 1.00 bits per heavy atom. The molecule has 3 aliphatic rings. The molecule has 6 N–H and O–H groups in total. The van der Waals surface area contributed by atoms with Crippen LogP contribution in [0.3, 0.4) is 0 Å². The van der Waals surface area contributed by atoms with Crippen LogP contribution in [-0.4, -0.2) is 62.3 Å². The van der Waals surface area contributed by atoms with Crippen LogP contribution in [-0.2, 0) is 32.0 Å². The van der Waals surface area contributed by atoms with Crippen LogP contribution in [0.5, 0.6) is 0 Å². The fourth-order valence-electron chi connectivity index (χ4n) is 7.01. The van der Waals surface area contributed by atoms with Gasteiger partial charge in [-0.3, -0.25) is 19.2 Å². The third kappa shape index (κ3) is 6.82. The van der Waals surface area contributed by atoms with Crippen LogP contribution in [0.25, 0.3) is 6.08 Å². The Bertz CT molecular complexity index is 1470. The van der Waals surface area contributed by atoms with Crippen molar-refractivity contribution in [1.82, 2.24) is 20.9 Å². The van der Waals surface area contributed by atoms with E-state index in [-0.39, 0.29) is 59.9 Å². The summed E-state index contributed by atoms with van der Waals surface area (Å²) in [6.45, 7) is 13.5. The predicted octanol–water partition coefficient (Wildman–Crippen LogP) is 3.84. The lowest BCUT2D eigenvalue weighted by atomic mass is 9.86. The molecule has 0 bridgehead atoms. The maximum atomic E-state index is 12.5. The molecule has 1 fully saturated rings. The molecule has 238 valence electrons. The number of thiol groups is 1. The fraction of sp³-hybridized carbons (Fsp3) is 0.515. The van der Waals surface area contributed by atoms with Crippen molar-refractivity contribution in [3.63, 3.8) is 0 Å². The highest BCUT2D eigenvalue weighted by Crippen LogP contribution is 2.36. The second-order valence-corrected chi connectivity index (χ2v) is 13.1. The van der Waals surface area contributed by atoms with Crippen molar-refractivity contribution in [2.45, 2.75) is 96.5 Å².